The predicted octanol–water partition coefficient (Wildman–Crippen LogP) is 0.794. The number of primary amides is 1. The van der Waals surface area contributed by atoms with Crippen LogP contribution >= 0.6 is 23.5 Å². The number of aliphatic hydroxyl groups is 1. The lowest BCUT2D eigenvalue weighted by Gasteiger charge is -2.43. The molecule has 0 aromatic rings. The number of hydrogen-bond donors (Lipinski definition) is 2. The Morgan fingerprint density at radius 3 is 2.75 bits per heavy atom. The van der Waals surface area contributed by atoms with E-state index in [2.05, 4.69) is 6.58 Å². The van der Waals surface area contributed by atoms with E-state index >= 15 is 0 Å². The van der Waals surface area contributed by atoms with Crippen molar-refractivity contribution in [1.82, 2.24) is 4.90 Å². The van der Waals surface area contributed by atoms with Crippen LogP contribution in [0, 0.1) is 5.92 Å². The molecular weight excluding hydrogens is 352 g/mol. The van der Waals surface area contributed by atoms with Crippen LogP contribution in [0.1, 0.15) is 20.3 Å². The van der Waals surface area contributed by atoms with Crippen molar-refractivity contribution < 1.29 is 24.2 Å². The molecule has 1 saturated heterocycles. The maximum absolute atomic E-state index is 12.3. The van der Waals surface area contributed by atoms with Crippen molar-refractivity contribution in [2.45, 2.75) is 37.0 Å². The van der Waals surface area contributed by atoms with Crippen LogP contribution in [0.15, 0.2) is 22.6 Å². The Morgan fingerprint density at radius 2 is 2.25 bits per heavy atom. The normalized spacial score (nSPS) is 25.0. The second kappa shape index (κ2) is 7.62. The van der Waals surface area contributed by atoms with Gasteiger partial charge in [0.15, 0.2) is 5.70 Å². The van der Waals surface area contributed by atoms with E-state index in [1.54, 1.807) is 6.92 Å². The van der Waals surface area contributed by atoms with Gasteiger partial charge in [-0.15, -0.1) is 11.8 Å². The van der Waals surface area contributed by atoms with Gasteiger partial charge in [-0.2, -0.15) is 0 Å². The van der Waals surface area contributed by atoms with Gasteiger partial charge in [-0.1, -0.05) is 31.3 Å². The summed E-state index contributed by atoms with van der Waals surface area (Å²) in [5.74, 6) is -2.04. The number of esters is 1. The molecule has 1 fully saturated rings. The Morgan fingerprint density at radius 1 is 1.58 bits per heavy atom. The molecule has 132 valence electrons. The fourth-order valence-corrected chi connectivity index (χ4v) is 5.52. The molecule has 4 atom stereocenters. The molecule has 0 aromatic heterocycles. The van der Waals surface area contributed by atoms with E-state index in [1.807, 2.05) is 6.92 Å². The Bertz CT molecular complexity index is 605. The molecule has 0 saturated carbocycles. The summed E-state index contributed by atoms with van der Waals surface area (Å²) in [5, 5.41) is 8.90. The fraction of sp³-hybridized carbons (Fsp3) is 0.533. The Kier molecular flexibility index (Phi) is 6.00. The lowest BCUT2D eigenvalue weighted by atomic mass is 9.92. The number of carbonyl (C=O) groups excluding carboxylic acids is 3. The van der Waals surface area contributed by atoms with Gasteiger partial charge in [0.1, 0.15) is 12.0 Å². The van der Waals surface area contributed by atoms with Crippen molar-refractivity contribution in [1.29, 1.82) is 0 Å². The van der Waals surface area contributed by atoms with Crippen molar-refractivity contribution in [3.63, 3.8) is 0 Å². The van der Waals surface area contributed by atoms with Gasteiger partial charge in [0.25, 0.3) is 0 Å². The summed E-state index contributed by atoms with van der Waals surface area (Å²) < 4.78 is 5.59. The van der Waals surface area contributed by atoms with Crippen molar-refractivity contribution >= 4 is 41.3 Å². The van der Waals surface area contributed by atoms with E-state index in [1.165, 1.54) is 22.7 Å². The van der Waals surface area contributed by atoms with Crippen molar-refractivity contribution in [3.8, 4) is 0 Å². The minimum absolute atomic E-state index is 0.0184. The van der Waals surface area contributed by atoms with Crippen LogP contribution in [-0.2, 0) is 19.1 Å². The topological polar surface area (TPSA) is 110 Å². The maximum Gasteiger partial charge on any atom is 0.357 e. The second-order valence-corrected chi connectivity index (χ2v) is 8.02. The minimum atomic E-state index is -0.820. The molecule has 2 amide bonds. The number of thioether (sulfide) groups is 2. The number of nitrogens with two attached hydrogens (primary N) is 1. The van der Waals surface area contributed by atoms with Gasteiger partial charge in [0.05, 0.1) is 21.5 Å². The van der Waals surface area contributed by atoms with Gasteiger partial charge in [0.2, 0.25) is 11.8 Å². The van der Waals surface area contributed by atoms with Gasteiger partial charge < -0.3 is 15.6 Å². The molecule has 9 heteroatoms. The van der Waals surface area contributed by atoms with Crippen molar-refractivity contribution in [3.05, 3.63) is 22.6 Å². The first-order valence-corrected chi connectivity index (χ1v) is 9.25. The van der Waals surface area contributed by atoms with E-state index in [-0.39, 0.29) is 23.6 Å². The van der Waals surface area contributed by atoms with Gasteiger partial charge in [-0.25, -0.2) is 4.79 Å². The maximum atomic E-state index is 12.3. The zero-order valence-electron chi connectivity index (χ0n) is 13.4. The number of rotatable bonds is 8. The Hall–Kier alpha value is -1.45. The van der Waals surface area contributed by atoms with Crippen LogP contribution in [0.2, 0.25) is 0 Å². The van der Waals surface area contributed by atoms with E-state index in [0.29, 0.717) is 10.7 Å². The van der Waals surface area contributed by atoms with E-state index in [9.17, 15) is 19.5 Å². The molecule has 7 nitrogen and oxygen atoms in total. The highest BCUT2D eigenvalue weighted by atomic mass is 32.2. The fourth-order valence-electron chi connectivity index (χ4n) is 2.50. The molecule has 0 aliphatic carbocycles. The largest absolute Gasteiger partial charge is 0.457 e. The number of hydrogen-bond acceptors (Lipinski definition) is 7. The van der Waals surface area contributed by atoms with Gasteiger partial charge in [0, 0.05) is 0 Å². The number of carbonyl (C=O) groups is 3. The standard InChI is InChI=1S/C15H20N2O5S2/c1-4-6-22-14(21)10-15(23-8(5-2)11(16)19)24-13-9(7(3)18)12(20)17(10)13/h4,7-9,13,18H,1,5-6H2,2-3H3,(H2,16,19)/t7?,8?,9-,13+/m0/s1. The molecule has 2 heterocycles. The van der Waals surface area contributed by atoms with Crippen molar-refractivity contribution in [2.75, 3.05) is 6.61 Å². The van der Waals surface area contributed by atoms with Crippen molar-refractivity contribution in [2.24, 2.45) is 11.7 Å². The first-order chi connectivity index (χ1) is 11.3. The quantitative estimate of drug-likeness (QED) is 0.368. The highest BCUT2D eigenvalue weighted by molar-refractivity contribution is 8.23. The number of fused-ring (bicyclic) bond motifs is 1. The van der Waals surface area contributed by atoms with E-state index in [0.717, 1.165) is 11.8 Å². The van der Waals surface area contributed by atoms with Crippen LogP contribution in [0.3, 0.4) is 0 Å². The molecule has 0 aromatic carbocycles. The molecule has 2 rings (SSSR count). The SMILES string of the molecule is C=CCOC(=O)C1=C(SC(CC)C(N)=O)S[C@@H]2[C@@H](C(C)O)C(=O)N12. The molecular formula is C15H20N2O5S2. The second-order valence-electron chi connectivity index (χ2n) is 5.42. The number of ether oxygens (including phenoxy) is 1. The third-order valence-electron chi connectivity index (χ3n) is 3.73. The van der Waals surface area contributed by atoms with E-state index < -0.39 is 29.1 Å². The summed E-state index contributed by atoms with van der Waals surface area (Å²) in [6, 6.07) is 0. The molecule has 24 heavy (non-hydrogen) atoms. The lowest BCUT2D eigenvalue weighted by molar-refractivity contribution is -0.157. The van der Waals surface area contributed by atoms with Crippen LogP contribution in [-0.4, -0.2) is 51.1 Å². The number of β-lactam (4-membered cyclic amide) rings is 1. The third kappa shape index (κ3) is 3.33. The van der Waals surface area contributed by atoms with E-state index in [4.69, 9.17) is 10.5 Å². The molecule has 3 N–H and O–H groups in total. The zero-order valence-corrected chi connectivity index (χ0v) is 15.1. The Labute approximate surface area is 148 Å². The van der Waals surface area contributed by atoms with Crippen LogP contribution in [0.4, 0.5) is 0 Å². The molecule has 2 aliphatic rings. The lowest BCUT2D eigenvalue weighted by Crippen LogP contribution is -2.60. The summed E-state index contributed by atoms with van der Waals surface area (Å²) in [6.07, 6.45) is 1.11. The summed E-state index contributed by atoms with van der Waals surface area (Å²) in [4.78, 5) is 37.5. The molecule has 2 aliphatic heterocycles. The molecule has 0 spiro atoms. The van der Waals surface area contributed by atoms with Gasteiger partial charge >= 0.3 is 5.97 Å². The van der Waals surface area contributed by atoms with Gasteiger partial charge in [-0.05, 0) is 13.3 Å². The minimum Gasteiger partial charge on any atom is -0.457 e. The summed E-state index contributed by atoms with van der Waals surface area (Å²) in [7, 11) is 0. The molecule has 0 bridgehead atoms. The average molecular weight is 372 g/mol. The molecule has 2 unspecified atom stereocenters. The zero-order chi connectivity index (χ0) is 18.0. The Balaban J connectivity index is 2.29. The number of amides is 2. The smallest absolute Gasteiger partial charge is 0.357 e. The monoisotopic (exact) mass is 372 g/mol. The number of nitrogens with zero attached hydrogens (tertiary/aromatic N) is 1. The summed E-state index contributed by atoms with van der Waals surface area (Å²) in [5.41, 5.74) is 5.50. The van der Waals surface area contributed by atoms with Crippen LogP contribution < -0.4 is 5.73 Å². The van der Waals surface area contributed by atoms with Crippen LogP contribution in [0.25, 0.3) is 0 Å². The highest BCUT2D eigenvalue weighted by Crippen LogP contribution is 2.54. The summed E-state index contributed by atoms with van der Waals surface area (Å²) in [6.45, 7) is 6.86. The first-order valence-electron chi connectivity index (χ1n) is 7.49. The van der Waals surface area contributed by atoms with Crippen LogP contribution in [0.5, 0.6) is 0 Å². The van der Waals surface area contributed by atoms with Gasteiger partial charge in [-0.3, -0.25) is 14.5 Å². The predicted molar refractivity (Wildman–Crippen MR) is 92.4 cm³/mol. The molecule has 0 radical (unpaired) electrons. The number of aliphatic hydroxyl groups excluding tert-OH is 1. The summed E-state index contributed by atoms with van der Waals surface area (Å²) >= 11 is 2.44. The third-order valence-corrected chi connectivity index (χ3v) is 6.72. The highest BCUT2D eigenvalue weighted by Gasteiger charge is 2.58. The first kappa shape index (κ1) is 18.9. The average Bonchev–Trinajstić information content (AvgIpc) is 2.83.